The van der Waals surface area contributed by atoms with Gasteiger partial charge in [0.1, 0.15) is 0 Å². The Bertz CT molecular complexity index is 821. The highest BCUT2D eigenvalue weighted by molar-refractivity contribution is 7.89. The number of aryl methyl sites for hydroxylation is 2. The molecule has 4 rings (SSSR count). The second kappa shape index (κ2) is 5.13. The highest BCUT2D eigenvalue weighted by Crippen LogP contribution is 2.41. The number of aromatic nitrogens is 4. The van der Waals surface area contributed by atoms with Crippen LogP contribution in [0.4, 0.5) is 0 Å². The molecule has 8 nitrogen and oxygen atoms in total. The number of hydrogen-bond donors (Lipinski definition) is 1. The SMILES string of the molecule is Cn1nc2c(c1S(=O)(=O)NC1(c3ncon3)CCC1)CCCC2. The largest absolute Gasteiger partial charge is 0.343 e. The van der Waals surface area contributed by atoms with Crippen LogP contribution in [-0.4, -0.2) is 28.3 Å². The van der Waals surface area contributed by atoms with Gasteiger partial charge in [-0.2, -0.15) is 14.8 Å². The summed E-state index contributed by atoms with van der Waals surface area (Å²) in [4.78, 5) is 4.06. The van der Waals surface area contributed by atoms with E-state index in [1.807, 2.05) is 0 Å². The minimum atomic E-state index is -3.70. The molecule has 1 saturated carbocycles. The summed E-state index contributed by atoms with van der Waals surface area (Å²) in [5.74, 6) is 0.406. The van der Waals surface area contributed by atoms with E-state index in [1.165, 1.54) is 11.1 Å². The molecule has 124 valence electrons. The van der Waals surface area contributed by atoms with Crippen molar-refractivity contribution in [1.82, 2.24) is 24.6 Å². The third-order valence-corrected chi connectivity index (χ3v) is 6.52. The van der Waals surface area contributed by atoms with Crippen LogP contribution in [-0.2, 0) is 35.5 Å². The second-order valence-corrected chi connectivity index (χ2v) is 7.95. The van der Waals surface area contributed by atoms with Crippen molar-refractivity contribution in [3.05, 3.63) is 23.5 Å². The lowest BCUT2D eigenvalue weighted by atomic mass is 9.77. The molecule has 0 aliphatic heterocycles. The number of rotatable bonds is 4. The first-order valence-electron chi connectivity index (χ1n) is 7.87. The van der Waals surface area contributed by atoms with Crippen molar-refractivity contribution >= 4 is 10.0 Å². The zero-order chi connectivity index (χ0) is 16.1. The molecule has 0 aromatic carbocycles. The average Bonchev–Trinajstić information content (AvgIpc) is 3.09. The van der Waals surface area contributed by atoms with E-state index in [0.717, 1.165) is 43.4 Å². The Labute approximate surface area is 134 Å². The molecule has 9 heteroatoms. The highest BCUT2D eigenvalue weighted by Gasteiger charge is 2.47. The minimum absolute atomic E-state index is 0.280. The maximum Gasteiger partial charge on any atom is 0.258 e. The van der Waals surface area contributed by atoms with Gasteiger partial charge in [-0.05, 0) is 44.9 Å². The molecule has 0 saturated heterocycles. The molecule has 2 aromatic heterocycles. The van der Waals surface area contributed by atoms with Crippen LogP contribution in [0.25, 0.3) is 0 Å². The van der Waals surface area contributed by atoms with Gasteiger partial charge in [-0.15, -0.1) is 0 Å². The Morgan fingerprint density at radius 3 is 2.70 bits per heavy atom. The lowest BCUT2D eigenvalue weighted by molar-refractivity contribution is 0.203. The highest BCUT2D eigenvalue weighted by atomic mass is 32.2. The van der Waals surface area contributed by atoms with Crippen molar-refractivity contribution in [2.75, 3.05) is 0 Å². The first kappa shape index (κ1) is 14.8. The maximum atomic E-state index is 13.0. The van der Waals surface area contributed by atoms with Gasteiger partial charge in [0, 0.05) is 12.6 Å². The molecule has 1 fully saturated rings. The molecule has 0 unspecified atom stereocenters. The van der Waals surface area contributed by atoms with Crippen molar-refractivity contribution in [2.45, 2.75) is 55.5 Å². The van der Waals surface area contributed by atoms with Crippen LogP contribution in [0, 0.1) is 0 Å². The standard InChI is InChI=1S/C14H19N5O3S/c1-19-12(10-5-2-3-6-11(10)16-19)23(20,21)18-14(7-4-8-14)13-15-9-22-17-13/h9,18H,2-8H2,1H3. The zero-order valence-electron chi connectivity index (χ0n) is 12.9. The number of hydrogen-bond acceptors (Lipinski definition) is 6. The molecule has 0 amide bonds. The number of fused-ring (bicyclic) bond motifs is 1. The fourth-order valence-corrected chi connectivity index (χ4v) is 5.42. The summed E-state index contributed by atoms with van der Waals surface area (Å²) in [5.41, 5.74) is 1.01. The molecule has 0 bridgehead atoms. The lowest BCUT2D eigenvalue weighted by Gasteiger charge is -2.39. The third kappa shape index (κ3) is 2.29. The van der Waals surface area contributed by atoms with Crippen LogP contribution >= 0.6 is 0 Å². The molecule has 2 aliphatic carbocycles. The van der Waals surface area contributed by atoms with Crippen molar-refractivity contribution in [3.63, 3.8) is 0 Å². The van der Waals surface area contributed by atoms with Crippen LogP contribution < -0.4 is 4.72 Å². The van der Waals surface area contributed by atoms with Gasteiger partial charge in [0.05, 0.1) is 11.2 Å². The zero-order valence-corrected chi connectivity index (χ0v) is 13.8. The lowest BCUT2D eigenvalue weighted by Crippen LogP contribution is -2.51. The Morgan fingerprint density at radius 1 is 1.26 bits per heavy atom. The summed E-state index contributed by atoms with van der Waals surface area (Å²) >= 11 is 0. The van der Waals surface area contributed by atoms with Crippen LogP contribution in [0.3, 0.4) is 0 Å². The van der Waals surface area contributed by atoms with Gasteiger partial charge in [0.15, 0.2) is 10.9 Å². The van der Waals surface area contributed by atoms with E-state index in [1.54, 1.807) is 7.05 Å². The van der Waals surface area contributed by atoms with E-state index in [4.69, 9.17) is 4.52 Å². The van der Waals surface area contributed by atoms with E-state index in [9.17, 15) is 8.42 Å². The Hall–Kier alpha value is -1.74. The van der Waals surface area contributed by atoms with Gasteiger partial charge in [-0.1, -0.05) is 5.16 Å². The summed E-state index contributed by atoms with van der Waals surface area (Å²) in [5, 5.41) is 8.53. The van der Waals surface area contributed by atoms with Gasteiger partial charge < -0.3 is 4.52 Å². The number of nitrogens with zero attached hydrogens (tertiary/aromatic N) is 4. The summed E-state index contributed by atoms with van der Waals surface area (Å²) in [6, 6.07) is 0. The normalized spacial score (nSPS) is 20.0. The number of nitrogens with one attached hydrogen (secondary N) is 1. The topological polar surface area (TPSA) is 103 Å². The molecule has 0 spiro atoms. The Balaban J connectivity index is 1.73. The van der Waals surface area contributed by atoms with Gasteiger partial charge in [-0.3, -0.25) is 4.68 Å². The van der Waals surface area contributed by atoms with Crippen LogP contribution in [0.5, 0.6) is 0 Å². The van der Waals surface area contributed by atoms with E-state index in [0.29, 0.717) is 18.7 Å². The monoisotopic (exact) mass is 337 g/mol. The van der Waals surface area contributed by atoms with Crippen molar-refractivity contribution in [1.29, 1.82) is 0 Å². The van der Waals surface area contributed by atoms with Gasteiger partial charge in [0.2, 0.25) is 6.39 Å². The molecule has 2 aromatic rings. The van der Waals surface area contributed by atoms with Gasteiger partial charge in [0.25, 0.3) is 10.0 Å². The van der Waals surface area contributed by atoms with Crippen molar-refractivity contribution in [2.24, 2.45) is 7.05 Å². The van der Waals surface area contributed by atoms with E-state index in [2.05, 4.69) is 20.0 Å². The Kier molecular flexibility index (Phi) is 3.31. The fraction of sp³-hybridized carbons (Fsp3) is 0.643. The maximum absolute atomic E-state index is 13.0. The summed E-state index contributed by atoms with van der Waals surface area (Å²) < 4.78 is 35.2. The Morgan fingerprint density at radius 2 is 2.04 bits per heavy atom. The molecule has 2 heterocycles. The molecule has 1 N–H and O–H groups in total. The fourth-order valence-electron chi connectivity index (χ4n) is 3.58. The average molecular weight is 337 g/mol. The minimum Gasteiger partial charge on any atom is -0.343 e. The molecule has 0 atom stereocenters. The van der Waals surface area contributed by atoms with Crippen LogP contribution in [0.15, 0.2) is 15.9 Å². The van der Waals surface area contributed by atoms with Crippen molar-refractivity contribution in [3.8, 4) is 0 Å². The van der Waals surface area contributed by atoms with Crippen LogP contribution in [0.1, 0.15) is 49.2 Å². The summed E-state index contributed by atoms with van der Waals surface area (Å²) in [6.07, 6.45) is 7.16. The van der Waals surface area contributed by atoms with Crippen LogP contribution in [0.2, 0.25) is 0 Å². The number of sulfonamides is 1. The van der Waals surface area contributed by atoms with Crippen molar-refractivity contribution < 1.29 is 12.9 Å². The van der Waals surface area contributed by atoms with E-state index >= 15 is 0 Å². The summed E-state index contributed by atoms with van der Waals surface area (Å²) in [6.45, 7) is 0. The van der Waals surface area contributed by atoms with E-state index < -0.39 is 15.6 Å². The van der Waals surface area contributed by atoms with Gasteiger partial charge >= 0.3 is 0 Å². The molecule has 2 aliphatic rings. The van der Waals surface area contributed by atoms with Gasteiger partial charge in [-0.25, -0.2) is 8.42 Å². The quantitative estimate of drug-likeness (QED) is 0.894. The first-order valence-corrected chi connectivity index (χ1v) is 9.36. The summed E-state index contributed by atoms with van der Waals surface area (Å²) in [7, 11) is -2.02. The molecular formula is C14H19N5O3S. The first-order chi connectivity index (χ1) is 11.0. The predicted molar refractivity (Wildman–Crippen MR) is 80.0 cm³/mol. The van der Waals surface area contributed by atoms with E-state index in [-0.39, 0.29) is 5.03 Å². The molecule has 23 heavy (non-hydrogen) atoms. The smallest absolute Gasteiger partial charge is 0.258 e. The molecule has 0 radical (unpaired) electrons. The third-order valence-electron chi connectivity index (χ3n) is 4.84. The molecular weight excluding hydrogens is 318 g/mol. The second-order valence-electron chi connectivity index (χ2n) is 6.36. The predicted octanol–water partition coefficient (Wildman–Crippen LogP) is 1.04.